The number of hydrogen-bond donors (Lipinski definition) is 0. The van der Waals surface area contributed by atoms with Crippen molar-refractivity contribution in [1.82, 2.24) is 13.9 Å². The van der Waals surface area contributed by atoms with Gasteiger partial charge in [0.15, 0.2) is 0 Å². The summed E-state index contributed by atoms with van der Waals surface area (Å²) in [4.78, 5) is 3.81. The summed E-state index contributed by atoms with van der Waals surface area (Å²) in [5, 5.41) is 0.0521. The van der Waals surface area contributed by atoms with E-state index in [0.29, 0.717) is 6.54 Å². The lowest BCUT2D eigenvalue weighted by atomic mass is 10.8. The first-order valence-corrected chi connectivity index (χ1v) is 7.74. The third kappa shape index (κ3) is 2.71. The van der Waals surface area contributed by atoms with E-state index in [-0.39, 0.29) is 10.2 Å². The van der Waals surface area contributed by atoms with Crippen molar-refractivity contribution in [3.05, 3.63) is 11.5 Å². The normalized spacial score (nSPS) is 12.3. The van der Waals surface area contributed by atoms with Gasteiger partial charge in [-0.15, -0.1) is 0 Å². The van der Waals surface area contributed by atoms with Crippen LogP contribution in [-0.4, -0.2) is 47.9 Å². The molecule has 0 saturated carbocycles. The molecule has 16 heavy (non-hydrogen) atoms. The molecular formula is C8H14ClN3O2S2. The van der Waals surface area contributed by atoms with E-state index in [9.17, 15) is 8.42 Å². The van der Waals surface area contributed by atoms with Crippen LogP contribution in [0.1, 0.15) is 0 Å². The summed E-state index contributed by atoms with van der Waals surface area (Å²) >= 11 is 7.45. The Labute approximate surface area is 105 Å². The molecule has 0 N–H and O–H groups in total. The summed E-state index contributed by atoms with van der Waals surface area (Å²) in [5.74, 6) is 0.736. The van der Waals surface area contributed by atoms with Crippen LogP contribution in [0, 0.1) is 0 Å². The number of imidazole rings is 1. The first-order chi connectivity index (χ1) is 7.41. The summed E-state index contributed by atoms with van der Waals surface area (Å²) < 4.78 is 26.8. The highest BCUT2D eigenvalue weighted by Gasteiger charge is 2.26. The first-order valence-electron chi connectivity index (χ1n) is 4.53. The number of thioether (sulfide) groups is 1. The Morgan fingerprint density at radius 1 is 1.62 bits per heavy atom. The van der Waals surface area contributed by atoms with Crippen LogP contribution < -0.4 is 0 Å². The van der Waals surface area contributed by atoms with E-state index in [0.717, 1.165) is 5.75 Å². The number of sulfonamides is 1. The van der Waals surface area contributed by atoms with E-state index in [2.05, 4.69) is 4.98 Å². The van der Waals surface area contributed by atoms with Crippen molar-refractivity contribution in [1.29, 1.82) is 0 Å². The molecule has 0 aliphatic carbocycles. The van der Waals surface area contributed by atoms with Gasteiger partial charge in [0.2, 0.25) is 5.03 Å². The van der Waals surface area contributed by atoms with E-state index in [1.165, 1.54) is 22.2 Å². The van der Waals surface area contributed by atoms with E-state index in [1.807, 2.05) is 6.26 Å². The van der Waals surface area contributed by atoms with Gasteiger partial charge in [0.05, 0.1) is 6.33 Å². The molecule has 1 heterocycles. The number of halogens is 1. The predicted molar refractivity (Wildman–Crippen MR) is 66.4 cm³/mol. The highest BCUT2D eigenvalue weighted by molar-refractivity contribution is 7.98. The third-order valence-electron chi connectivity index (χ3n) is 2.10. The predicted octanol–water partition coefficient (Wildman–Crippen LogP) is 1.06. The van der Waals surface area contributed by atoms with Gasteiger partial charge in [-0.05, 0) is 6.26 Å². The lowest BCUT2D eigenvalue weighted by molar-refractivity contribution is 0.486. The quantitative estimate of drug-likeness (QED) is 0.811. The monoisotopic (exact) mass is 283 g/mol. The minimum atomic E-state index is -3.56. The Morgan fingerprint density at radius 2 is 2.25 bits per heavy atom. The van der Waals surface area contributed by atoms with Crippen molar-refractivity contribution in [2.75, 3.05) is 25.6 Å². The molecule has 0 bridgehead atoms. The zero-order valence-corrected chi connectivity index (χ0v) is 11.7. The van der Waals surface area contributed by atoms with E-state index in [1.54, 1.807) is 18.8 Å². The van der Waals surface area contributed by atoms with Gasteiger partial charge in [-0.1, -0.05) is 11.6 Å². The van der Waals surface area contributed by atoms with Crippen molar-refractivity contribution in [3.8, 4) is 0 Å². The summed E-state index contributed by atoms with van der Waals surface area (Å²) in [6.07, 6.45) is 3.31. The first kappa shape index (κ1) is 13.8. The van der Waals surface area contributed by atoms with Gasteiger partial charge in [-0.3, -0.25) is 0 Å². The molecule has 0 aliphatic rings. The minimum Gasteiger partial charge on any atom is -0.324 e. The second kappa shape index (κ2) is 5.39. The van der Waals surface area contributed by atoms with E-state index >= 15 is 0 Å². The van der Waals surface area contributed by atoms with Gasteiger partial charge in [0.1, 0.15) is 5.15 Å². The smallest absolute Gasteiger partial charge is 0.263 e. The molecule has 0 aromatic carbocycles. The second-order valence-corrected chi connectivity index (χ2v) is 6.57. The van der Waals surface area contributed by atoms with Crippen LogP contribution in [0.2, 0.25) is 5.15 Å². The maximum Gasteiger partial charge on any atom is 0.263 e. The van der Waals surface area contributed by atoms with Gasteiger partial charge in [0, 0.05) is 26.4 Å². The van der Waals surface area contributed by atoms with Crippen LogP contribution in [0.15, 0.2) is 11.4 Å². The Balaban J connectivity index is 2.98. The van der Waals surface area contributed by atoms with Crippen LogP contribution in [-0.2, 0) is 17.1 Å². The standard InChI is InChI=1S/C8H14ClN3O2S2/c1-11-6-10-8(7(11)9)16(13,14)12(2)4-5-15-3/h6H,4-5H2,1-3H3. The molecule has 8 heteroatoms. The second-order valence-electron chi connectivity index (χ2n) is 3.27. The zero-order chi connectivity index (χ0) is 12.3. The van der Waals surface area contributed by atoms with Crippen molar-refractivity contribution in [2.45, 2.75) is 5.03 Å². The van der Waals surface area contributed by atoms with Crippen molar-refractivity contribution in [3.63, 3.8) is 0 Å². The summed E-state index contributed by atoms with van der Waals surface area (Å²) in [7, 11) is -0.392. The topological polar surface area (TPSA) is 55.2 Å². The van der Waals surface area contributed by atoms with Crippen molar-refractivity contribution in [2.24, 2.45) is 7.05 Å². The fraction of sp³-hybridized carbons (Fsp3) is 0.625. The summed E-state index contributed by atoms with van der Waals surface area (Å²) in [6.45, 7) is 0.441. The molecule has 5 nitrogen and oxygen atoms in total. The number of aromatic nitrogens is 2. The molecule has 1 aromatic heterocycles. The average molecular weight is 284 g/mol. The maximum atomic E-state index is 12.0. The molecule has 0 amide bonds. The fourth-order valence-electron chi connectivity index (χ4n) is 1.05. The lowest BCUT2D eigenvalue weighted by Crippen LogP contribution is -2.29. The van der Waals surface area contributed by atoms with Gasteiger partial charge in [-0.25, -0.2) is 13.4 Å². The number of aryl methyl sites for hydroxylation is 1. The van der Waals surface area contributed by atoms with Gasteiger partial charge >= 0.3 is 0 Å². The molecule has 0 radical (unpaired) electrons. The Hall–Kier alpha value is -0.240. The molecule has 1 aromatic rings. The Morgan fingerprint density at radius 3 is 2.69 bits per heavy atom. The molecule has 0 saturated heterocycles. The van der Waals surface area contributed by atoms with Crippen LogP contribution in [0.4, 0.5) is 0 Å². The summed E-state index contributed by atoms with van der Waals surface area (Å²) in [5.41, 5.74) is 0. The number of rotatable bonds is 5. The van der Waals surface area contributed by atoms with Crippen molar-refractivity contribution < 1.29 is 8.42 Å². The highest BCUT2D eigenvalue weighted by Crippen LogP contribution is 2.21. The van der Waals surface area contributed by atoms with Crippen LogP contribution >= 0.6 is 23.4 Å². The molecular weight excluding hydrogens is 270 g/mol. The van der Waals surface area contributed by atoms with Gasteiger partial charge < -0.3 is 4.57 Å². The Kier molecular flexibility index (Phi) is 4.66. The molecule has 0 spiro atoms. The lowest BCUT2D eigenvalue weighted by Gasteiger charge is -2.14. The maximum absolute atomic E-state index is 12.0. The molecule has 92 valence electrons. The van der Waals surface area contributed by atoms with Gasteiger partial charge in [0.25, 0.3) is 10.0 Å². The van der Waals surface area contributed by atoms with Crippen LogP contribution in [0.25, 0.3) is 0 Å². The van der Waals surface area contributed by atoms with Crippen molar-refractivity contribution >= 4 is 33.4 Å². The van der Waals surface area contributed by atoms with E-state index < -0.39 is 10.0 Å². The number of hydrogen-bond acceptors (Lipinski definition) is 4. The molecule has 1 rings (SSSR count). The zero-order valence-electron chi connectivity index (χ0n) is 9.34. The van der Waals surface area contributed by atoms with Crippen LogP contribution in [0.3, 0.4) is 0 Å². The van der Waals surface area contributed by atoms with Crippen LogP contribution in [0.5, 0.6) is 0 Å². The number of nitrogens with zero attached hydrogens (tertiary/aromatic N) is 3. The summed E-state index contributed by atoms with van der Waals surface area (Å²) in [6, 6.07) is 0. The molecule has 0 fully saturated rings. The SMILES string of the molecule is CSCCN(C)S(=O)(=O)c1ncn(C)c1Cl. The minimum absolute atomic E-state index is 0.0831. The van der Waals surface area contributed by atoms with Gasteiger partial charge in [-0.2, -0.15) is 16.1 Å². The average Bonchev–Trinajstić information content (AvgIpc) is 2.56. The van der Waals surface area contributed by atoms with E-state index in [4.69, 9.17) is 11.6 Å². The molecule has 0 aliphatic heterocycles. The fourth-order valence-corrected chi connectivity index (χ4v) is 3.18. The molecule has 0 atom stereocenters. The Bertz CT molecular complexity index is 458. The third-order valence-corrected chi connectivity index (χ3v) is 5.04. The highest BCUT2D eigenvalue weighted by atomic mass is 35.5. The largest absolute Gasteiger partial charge is 0.324 e. The molecule has 0 unspecified atom stereocenters.